The van der Waals surface area contributed by atoms with Gasteiger partial charge in [-0.1, -0.05) is 71.8 Å². The average Bonchev–Trinajstić information content (AvgIpc) is 2.94. The molecule has 1 N–H and O–H groups in total. The van der Waals surface area contributed by atoms with E-state index in [4.69, 9.17) is 11.6 Å². The minimum Gasteiger partial charge on any atom is -0.357 e. The van der Waals surface area contributed by atoms with E-state index in [1.54, 1.807) is 4.90 Å². The van der Waals surface area contributed by atoms with Crippen LogP contribution in [0.5, 0.6) is 0 Å². The van der Waals surface area contributed by atoms with E-state index < -0.39 is 6.04 Å². The summed E-state index contributed by atoms with van der Waals surface area (Å²) in [6.45, 7) is 3.60. The maximum Gasteiger partial charge on any atom is 0.224 e. The highest BCUT2D eigenvalue weighted by atomic mass is 35.5. The van der Waals surface area contributed by atoms with Gasteiger partial charge in [0.1, 0.15) is 0 Å². The largest absolute Gasteiger partial charge is 0.357 e. The maximum absolute atomic E-state index is 13.8. The Hall–Kier alpha value is -3.37. The Labute approximate surface area is 198 Å². The number of amides is 1. The van der Waals surface area contributed by atoms with Gasteiger partial charge in [-0.15, -0.1) is 0 Å². The van der Waals surface area contributed by atoms with E-state index in [1.807, 2.05) is 48.5 Å². The molecule has 33 heavy (non-hydrogen) atoms. The van der Waals surface area contributed by atoms with E-state index in [9.17, 15) is 9.59 Å². The Morgan fingerprint density at radius 3 is 2.39 bits per heavy atom. The fraction of sp³-hybridized carbons (Fsp3) is 0.214. The number of carbonyl (C=O) groups is 2. The van der Waals surface area contributed by atoms with Gasteiger partial charge < -0.3 is 5.32 Å². The molecule has 5 heteroatoms. The number of aryl methyl sites for hydroxylation is 1. The van der Waals surface area contributed by atoms with E-state index in [-0.39, 0.29) is 17.6 Å². The quantitative estimate of drug-likeness (QED) is 0.474. The van der Waals surface area contributed by atoms with Crippen LogP contribution in [-0.4, -0.2) is 11.7 Å². The molecule has 0 unspecified atom stereocenters. The van der Waals surface area contributed by atoms with Crippen LogP contribution in [0.15, 0.2) is 84.1 Å². The zero-order valence-corrected chi connectivity index (χ0v) is 19.4. The van der Waals surface area contributed by atoms with Crippen molar-refractivity contribution in [3.05, 3.63) is 106 Å². The number of halogens is 1. The molecule has 4 nitrogen and oxygen atoms in total. The molecule has 166 valence electrons. The van der Waals surface area contributed by atoms with Crippen LogP contribution in [0, 0.1) is 6.92 Å². The molecule has 3 aromatic rings. The van der Waals surface area contributed by atoms with Gasteiger partial charge in [0.05, 0.1) is 17.4 Å². The third-order valence-electron chi connectivity index (χ3n) is 6.58. The van der Waals surface area contributed by atoms with Crippen LogP contribution >= 0.6 is 11.6 Å². The predicted octanol–water partition coefficient (Wildman–Crippen LogP) is 6.57. The second kappa shape index (κ2) is 8.53. The third-order valence-corrected chi connectivity index (χ3v) is 6.92. The summed E-state index contributed by atoms with van der Waals surface area (Å²) in [7, 11) is 0. The van der Waals surface area contributed by atoms with E-state index in [0.717, 1.165) is 28.2 Å². The molecular formula is C28H25ClN2O2. The number of nitrogens with zero attached hydrogens (tertiary/aromatic N) is 1. The molecule has 0 radical (unpaired) electrons. The van der Waals surface area contributed by atoms with E-state index >= 15 is 0 Å². The van der Waals surface area contributed by atoms with Crippen LogP contribution in [0.4, 0.5) is 11.4 Å². The first kappa shape index (κ1) is 21.5. The zero-order chi connectivity index (χ0) is 23.1. The fourth-order valence-electron chi connectivity index (χ4n) is 5.00. The SMILES string of the molecule is CC(=O)N1c2ccccc2NC2=C(C(=O)C[C@@H](c3ccc(C)cc3)C2)[C@@H]1c1ccccc1Cl. The third kappa shape index (κ3) is 3.85. The van der Waals surface area contributed by atoms with Crippen LogP contribution in [-0.2, 0) is 9.59 Å². The minimum atomic E-state index is -0.589. The topological polar surface area (TPSA) is 49.4 Å². The molecule has 0 fully saturated rings. The number of nitrogens with one attached hydrogen (secondary N) is 1. The van der Waals surface area contributed by atoms with Gasteiger partial charge in [0.2, 0.25) is 5.91 Å². The minimum absolute atomic E-state index is 0.0401. The monoisotopic (exact) mass is 456 g/mol. The van der Waals surface area contributed by atoms with Gasteiger partial charge in [-0.2, -0.15) is 0 Å². The van der Waals surface area contributed by atoms with Crippen molar-refractivity contribution >= 4 is 34.7 Å². The Morgan fingerprint density at radius 2 is 1.67 bits per heavy atom. The lowest BCUT2D eigenvalue weighted by Gasteiger charge is -2.35. The van der Waals surface area contributed by atoms with Crippen LogP contribution < -0.4 is 10.2 Å². The standard InChI is InChI=1S/C28H25ClN2O2/c1-17-11-13-19(14-12-17)20-15-24-27(26(33)16-20)28(21-7-3-4-8-22(21)29)31(18(2)32)25-10-6-5-9-23(25)30-24/h3-14,20,28,30H,15-16H2,1-2H3/t20-,28-/m0/s1. The number of hydrogen-bond donors (Lipinski definition) is 1. The summed E-state index contributed by atoms with van der Waals surface area (Å²) in [5.74, 6) is -0.0260. The number of para-hydroxylation sites is 2. The fourth-order valence-corrected chi connectivity index (χ4v) is 5.24. The summed E-state index contributed by atoms with van der Waals surface area (Å²) in [4.78, 5) is 28.5. The lowest BCUT2D eigenvalue weighted by atomic mass is 9.78. The van der Waals surface area contributed by atoms with Crippen molar-refractivity contribution in [3.63, 3.8) is 0 Å². The van der Waals surface area contributed by atoms with Crippen molar-refractivity contribution < 1.29 is 9.59 Å². The Morgan fingerprint density at radius 1 is 0.970 bits per heavy atom. The first-order chi connectivity index (χ1) is 15.9. The highest BCUT2D eigenvalue weighted by Crippen LogP contribution is 2.48. The predicted molar refractivity (Wildman–Crippen MR) is 133 cm³/mol. The number of ketones is 1. The molecule has 0 spiro atoms. The summed E-state index contributed by atoms with van der Waals surface area (Å²) >= 11 is 6.63. The molecule has 0 bridgehead atoms. The molecule has 1 heterocycles. The summed E-state index contributed by atoms with van der Waals surface area (Å²) in [6.07, 6.45) is 1.08. The first-order valence-corrected chi connectivity index (χ1v) is 11.5. The maximum atomic E-state index is 13.8. The summed E-state index contributed by atoms with van der Waals surface area (Å²) in [5, 5.41) is 4.06. The van der Waals surface area contributed by atoms with Gasteiger partial charge in [0.25, 0.3) is 0 Å². The number of carbonyl (C=O) groups excluding carboxylic acids is 2. The van der Waals surface area contributed by atoms with E-state index in [2.05, 4.69) is 36.5 Å². The normalized spacial score (nSPS) is 20.0. The van der Waals surface area contributed by atoms with Crippen LogP contribution in [0.3, 0.4) is 0 Å². The van der Waals surface area contributed by atoms with Gasteiger partial charge in [0, 0.05) is 29.6 Å². The summed E-state index contributed by atoms with van der Waals surface area (Å²) < 4.78 is 0. The number of allylic oxidation sites excluding steroid dienone is 1. The number of rotatable bonds is 2. The molecule has 5 rings (SSSR count). The summed E-state index contributed by atoms with van der Waals surface area (Å²) in [5.41, 5.74) is 6.13. The number of anilines is 2. The molecule has 1 aliphatic heterocycles. The van der Waals surface area contributed by atoms with Crippen molar-refractivity contribution in [1.29, 1.82) is 0 Å². The molecule has 2 atom stereocenters. The van der Waals surface area contributed by atoms with Gasteiger partial charge in [-0.05, 0) is 48.6 Å². The lowest BCUT2D eigenvalue weighted by molar-refractivity contribution is -0.117. The Bertz CT molecular complexity index is 1280. The number of Topliss-reactive ketones (excluding diaryl/α,β-unsaturated/α-hetero) is 1. The molecular weight excluding hydrogens is 432 g/mol. The van der Waals surface area contributed by atoms with Crippen molar-refractivity contribution in [2.45, 2.75) is 38.6 Å². The van der Waals surface area contributed by atoms with Crippen molar-refractivity contribution in [2.24, 2.45) is 0 Å². The average molecular weight is 457 g/mol. The van der Waals surface area contributed by atoms with Crippen molar-refractivity contribution in [3.8, 4) is 0 Å². The lowest BCUT2D eigenvalue weighted by Crippen LogP contribution is -2.37. The molecule has 2 aliphatic rings. The van der Waals surface area contributed by atoms with Crippen LogP contribution in [0.2, 0.25) is 5.02 Å². The molecule has 0 aromatic heterocycles. The molecule has 3 aromatic carbocycles. The van der Waals surface area contributed by atoms with Crippen molar-refractivity contribution in [2.75, 3.05) is 10.2 Å². The second-order valence-electron chi connectivity index (χ2n) is 8.79. The van der Waals surface area contributed by atoms with Crippen molar-refractivity contribution in [1.82, 2.24) is 0 Å². The van der Waals surface area contributed by atoms with E-state index in [0.29, 0.717) is 23.4 Å². The smallest absolute Gasteiger partial charge is 0.224 e. The number of hydrogen-bond acceptors (Lipinski definition) is 3. The molecule has 0 saturated carbocycles. The number of benzene rings is 3. The van der Waals surface area contributed by atoms with E-state index in [1.165, 1.54) is 12.5 Å². The number of fused-ring (bicyclic) bond motifs is 1. The van der Waals surface area contributed by atoms with Gasteiger partial charge in [-0.25, -0.2) is 0 Å². The molecule has 1 aliphatic carbocycles. The molecule has 1 amide bonds. The first-order valence-electron chi connectivity index (χ1n) is 11.2. The van der Waals surface area contributed by atoms with Crippen LogP contribution in [0.25, 0.3) is 0 Å². The van der Waals surface area contributed by atoms with Crippen LogP contribution in [0.1, 0.15) is 48.4 Å². The van der Waals surface area contributed by atoms with Gasteiger partial charge in [0.15, 0.2) is 5.78 Å². The van der Waals surface area contributed by atoms with Gasteiger partial charge >= 0.3 is 0 Å². The summed E-state index contributed by atoms with van der Waals surface area (Å²) in [6, 6.07) is 23.0. The zero-order valence-electron chi connectivity index (χ0n) is 18.6. The molecule has 0 saturated heterocycles. The van der Waals surface area contributed by atoms with Gasteiger partial charge in [-0.3, -0.25) is 14.5 Å². The highest BCUT2D eigenvalue weighted by molar-refractivity contribution is 6.31. The highest BCUT2D eigenvalue weighted by Gasteiger charge is 2.41. The Kier molecular flexibility index (Phi) is 5.55. The Balaban J connectivity index is 1.71. The second-order valence-corrected chi connectivity index (χ2v) is 9.19.